The fourth-order valence-electron chi connectivity index (χ4n) is 1.81. The van der Waals surface area contributed by atoms with Gasteiger partial charge >= 0.3 is 0 Å². The fourth-order valence-corrected chi connectivity index (χ4v) is 2.24. The Bertz CT molecular complexity index is 560. The van der Waals surface area contributed by atoms with Gasteiger partial charge in [0.1, 0.15) is 5.69 Å². The number of rotatable bonds is 6. The molecule has 1 amide bonds. The molecule has 0 aliphatic rings. The van der Waals surface area contributed by atoms with E-state index in [2.05, 4.69) is 21.5 Å². The molecule has 2 rings (SSSR count). The van der Waals surface area contributed by atoms with Gasteiger partial charge in [0, 0.05) is 18.9 Å². The van der Waals surface area contributed by atoms with Crippen LogP contribution < -0.4 is 5.32 Å². The highest BCUT2D eigenvalue weighted by Gasteiger charge is 2.13. The van der Waals surface area contributed by atoms with Crippen LogP contribution in [0.25, 0.3) is 11.4 Å². The van der Waals surface area contributed by atoms with E-state index >= 15 is 0 Å². The molecule has 20 heavy (non-hydrogen) atoms. The topological polar surface area (TPSA) is 54.9 Å². The van der Waals surface area contributed by atoms with Crippen LogP contribution in [0.3, 0.4) is 0 Å². The monoisotopic (exact) mass is 287 g/mol. The smallest absolute Gasteiger partial charge is 0.253 e. The SMILES string of the molecule is CSCCCNC(=O)c1cccnc1-c1ccccn1. The van der Waals surface area contributed by atoms with Gasteiger partial charge in [0.15, 0.2) is 0 Å². The Morgan fingerprint density at radius 1 is 1.20 bits per heavy atom. The fraction of sp³-hybridized carbons (Fsp3) is 0.267. The number of nitrogens with one attached hydrogen (secondary N) is 1. The third kappa shape index (κ3) is 3.81. The number of hydrogen-bond donors (Lipinski definition) is 1. The molecule has 1 N–H and O–H groups in total. The molecule has 0 saturated heterocycles. The third-order valence-electron chi connectivity index (χ3n) is 2.77. The number of amides is 1. The summed E-state index contributed by atoms with van der Waals surface area (Å²) in [5.41, 5.74) is 1.90. The summed E-state index contributed by atoms with van der Waals surface area (Å²) in [7, 11) is 0. The third-order valence-corrected chi connectivity index (χ3v) is 3.47. The molecule has 0 aromatic carbocycles. The van der Waals surface area contributed by atoms with Crippen LogP contribution in [-0.4, -0.2) is 34.4 Å². The molecule has 0 bridgehead atoms. The Kier molecular flexibility index (Phi) is 5.55. The van der Waals surface area contributed by atoms with Crippen molar-refractivity contribution in [3.05, 3.63) is 48.3 Å². The molecule has 0 atom stereocenters. The van der Waals surface area contributed by atoms with Crippen LogP contribution in [0.4, 0.5) is 0 Å². The van der Waals surface area contributed by atoms with Crippen molar-refractivity contribution in [2.24, 2.45) is 0 Å². The first kappa shape index (κ1) is 14.5. The van der Waals surface area contributed by atoms with E-state index in [-0.39, 0.29) is 5.91 Å². The van der Waals surface area contributed by atoms with Crippen molar-refractivity contribution in [1.82, 2.24) is 15.3 Å². The number of carbonyl (C=O) groups excluding carboxylic acids is 1. The molecule has 104 valence electrons. The predicted octanol–water partition coefficient (Wildman–Crippen LogP) is 2.63. The molecule has 0 aliphatic carbocycles. The summed E-state index contributed by atoms with van der Waals surface area (Å²) in [5.74, 6) is 0.945. The number of aromatic nitrogens is 2. The summed E-state index contributed by atoms with van der Waals surface area (Å²) >= 11 is 1.78. The van der Waals surface area contributed by atoms with Gasteiger partial charge in [-0.05, 0) is 42.7 Å². The molecule has 0 spiro atoms. The summed E-state index contributed by atoms with van der Waals surface area (Å²) in [6.07, 6.45) is 6.40. The second kappa shape index (κ2) is 7.65. The summed E-state index contributed by atoms with van der Waals surface area (Å²) in [6, 6.07) is 9.13. The highest BCUT2D eigenvalue weighted by atomic mass is 32.2. The zero-order valence-corrected chi connectivity index (χ0v) is 12.2. The highest BCUT2D eigenvalue weighted by molar-refractivity contribution is 7.98. The van der Waals surface area contributed by atoms with Gasteiger partial charge < -0.3 is 5.32 Å². The molecule has 0 radical (unpaired) electrons. The minimum Gasteiger partial charge on any atom is -0.352 e. The Balaban J connectivity index is 2.14. The average Bonchev–Trinajstić information content (AvgIpc) is 2.52. The van der Waals surface area contributed by atoms with E-state index < -0.39 is 0 Å². The molecule has 2 aromatic rings. The average molecular weight is 287 g/mol. The number of hydrogen-bond acceptors (Lipinski definition) is 4. The maximum absolute atomic E-state index is 12.2. The highest BCUT2D eigenvalue weighted by Crippen LogP contribution is 2.18. The lowest BCUT2D eigenvalue weighted by Crippen LogP contribution is -2.25. The van der Waals surface area contributed by atoms with Gasteiger partial charge in [-0.1, -0.05) is 6.07 Å². The van der Waals surface area contributed by atoms with Gasteiger partial charge in [-0.3, -0.25) is 14.8 Å². The lowest BCUT2D eigenvalue weighted by molar-refractivity contribution is 0.0954. The first-order valence-electron chi connectivity index (χ1n) is 6.46. The van der Waals surface area contributed by atoms with Gasteiger partial charge in [-0.15, -0.1) is 0 Å². The molecule has 5 heteroatoms. The Hall–Kier alpha value is -1.88. The van der Waals surface area contributed by atoms with E-state index in [0.717, 1.165) is 12.2 Å². The molecule has 0 saturated carbocycles. The van der Waals surface area contributed by atoms with Gasteiger partial charge in [-0.25, -0.2) is 0 Å². The van der Waals surface area contributed by atoms with E-state index in [1.54, 1.807) is 36.3 Å². The Labute approximate surface area is 123 Å². The number of nitrogens with zero attached hydrogens (tertiary/aromatic N) is 2. The molecule has 0 aliphatic heterocycles. The van der Waals surface area contributed by atoms with Crippen LogP contribution in [0, 0.1) is 0 Å². The normalized spacial score (nSPS) is 10.2. The van der Waals surface area contributed by atoms with Crippen molar-refractivity contribution in [2.75, 3.05) is 18.6 Å². The van der Waals surface area contributed by atoms with Gasteiger partial charge in [0.25, 0.3) is 5.91 Å². The maximum Gasteiger partial charge on any atom is 0.253 e. The Morgan fingerprint density at radius 3 is 2.80 bits per heavy atom. The van der Waals surface area contributed by atoms with Gasteiger partial charge in [0.05, 0.1) is 11.3 Å². The molecule has 0 unspecified atom stereocenters. The van der Waals surface area contributed by atoms with E-state index in [4.69, 9.17) is 0 Å². The van der Waals surface area contributed by atoms with Crippen molar-refractivity contribution in [3.63, 3.8) is 0 Å². The number of pyridine rings is 2. The molecule has 0 fully saturated rings. The summed E-state index contributed by atoms with van der Waals surface area (Å²) in [4.78, 5) is 20.8. The second-order valence-electron chi connectivity index (χ2n) is 4.22. The molecule has 2 aromatic heterocycles. The largest absolute Gasteiger partial charge is 0.352 e. The molecular formula is C15H17N3OS. The minimum absolute atomic E-state index is 0.0974. The number of thioether (sulfide) groups is 1. The zero-order valence-electron chi connectivity index (χ0n) is 11.4. The van der Waals surface area contributed by atoms with Crippen molar-refractivity contribution >= 4 is 17.7 Å². The van der Waals surface area contributed by atoms with Gasteiger partial charge in [0.2, 0.25) is 0 Å². The van der Waals surface area contributed by atoms with Crippen LogP contribution in [0.1, 0.15) is 16.8 Å². The maximum atomic E-state index is 12.2. The first-order chi connectivity index (χ1) is 9.83. The molecule has 4 nitrogen and oxygen atoms in total. The van der Waals surface area contributed by atoms with Crippen molar-refractivity contribution < 1.29 is 4.79 Å². The lowest BCUT2D eigenvalue weighted by Gasteiger charge is -2.08. The predicted molar refractivity (Wildman–Crippen MR) is 82.8 cm³/mol. The van der Waals surface area contributed by atoms with Crippen molar-refractivity contribution in [1.29, 1.82) is 0 Å². The molecular weight excluding hydrogens is 270 g/mol. The lowest BCUT2D eigenvalue weighted by atomic mass is 10.1. The van der Waals surface area contributed by atoms with E-state index in [1.807, 2.05) is 18.2 Å². The quantitative estimate of drug-likeness (QED) is 0.830. The van der Waals surface area contributed by atoms with Crippen LogP contribution in [0.2, 0.25) is 0 Å². The second-order valence-corrected chi connectivity index (χ2v) is 5.20. The minimum atomic E-state index is -0.0974. The molecule has 2 heterocycles. The van der Waals surface area contributed by atoms with Gasteiger partial charge in [-0.2, -0.15) is 11.8 Å². The summed E-state index contributed by atoms with van der Waals surface area (Å²) < 4.78 is 0. The number of carbonyl (C=O) groups is 1. The zero-order chi connectivity index (χ0) is 14.2. The Morgan fingerprint density at radius 2 is 2.05 bits per heavy atom. The summed E-state index contributed by atoms with van der Waals surface area (Å²) in [6.45, 7) is 0.677. The van der Waals surface area contributed by atoms with E-state index in [1.165, 1.54) is 0 Å². The van der Waals surface area contributed by atoms with Crippen LogP contribution in [-0.2, 0) is 0 Å². The first-order valence-corrected chi connectivity index (χ1v) is 7.86. The van der Waals surface area contributed by atoms with Crippen LogP contribution in [0.15, 0.2) is 42.7 Å². The van der Waals surface area contributed by atoms with Crippen LogP contribution >= 0.6 is 11.8 Å². The van der Waals surface area contributed by atoms with Crippen molar-refractivity contribution in [3.8, 4) is 11.4 Å². The van der Waals surface area contributed by atoms with E-state index in [9.17, 15) is 4.79 Å². The summed E-state index contributed by atoms with van der Waals surface area (Å²) in [5, 5.41) is 2.92. The van der Waals surface area contributed by atoms with Crippen molar-refractivity contribution in [2.45, 2.75) is 6.42 Å². The standard InChI is InChI=1S/C15H17N3OS/c1-20-11-5-10-18-15(19)12-6-4-9-17-14(12)13-7-2-3-8-16-13/h2-4,6-9H,5,10-11H2,1H3,(H,18,19). The van der Waals surface area contributed by atoms with Crippen LogP contribution in [0.5, 0.6) is 0 Å². The van der Waals surface area contributed by atoms with E-state index in [0.29, 0.717) is 23.5 Å².